The number of nitrogens with one attached hydrogen (secondary N) is 1. The van der Waals surface area contributed by atoms with Crippen molar-refractivity contribution < 1.29 is 4.79 Å². The second-order valence-electron chi connectivity index (χ2n) is 4.33. The van der Waals surface area contributed by atoms with Gasteiger partial charge in [-0.05, 0) is 37.3 Å². The van der Waals surface area contributed by atoms with Crippen LogP contribution in [0.25, 0.3) is 10.1 Å². The Balaban J connectivity index is 1.92. The van der Waals surface area contributed by atoms with Crippen LogP contribution in [-0.4, -0.2) is 17.8 Å². The molecule has 1 aromatic heterocycles. The molecule has 0 radical (unpaired) electrons. The highest BCUT2D eigenvalue weighted by atomic mass is 35.5. The molecule has 1 atom stereocenters. The first-order valence-electron chi connectivity index (χ1n) is 6.07. The summed E-state index contributed by atoms with van der Waals surface area (Å²) in [7, 11) is 0. The highest BCUT2D eigenvalue weighted by Gasteiger charge is 2.09. The van der Waals surface area contributed by atoms with Crippen LogP contribution >= 0.6 is 22.9 Å². The van der Waals surface area contributed by atoms with Crippen molar-refractivity contribution in [2.75, 3.05) is 6.54 Å². The average Bonchev–Trinajstić information content (AvgIpc) is 2.78. The van der Waals surface area contributed by atoms with Crippen molar-refractivity contribution in [3.05, 3.63) is 35.2 Å². The zero-order valence-corrected chi connectivity index (χ0v) is 11.9. The number of halogens is 1. The monoisotopic (exact) mass is 281 g/mol. The van der Waals surface area contributed by atoms with Gasteiger partial charge in [-0.3, -0.25) is 4.79 Å². The van der Waals surface area contributed by atoms with Crippen LogP contribution in [0.2, 0.25) is 0 Å². The van der Waals surface area contributed by atoms with Gasteiger partial charge in [0, 0.05) is 16.6 Å². The molecule has 0 aliphatic heterocycles. The summed E-state index contributed by atoms with van der Waals surface area (Å²) in [6.45, 7) is 2.65. The predicted octanol–water partition coefficient (Wildman–Crippen LogP) is 4.04. The van der Waals surface area contributed by atoms with E-state index < -0.39 is 0 Å². The number of hydrogen-bond acceptors (Lipinski definition) is 2. The van der Waals surface area contributed by atoms with E-state index in [4.69, 9.17) is 11.6 Å². The molecule has 0 spiro atoms. The third-order valence-electron chi connectivity index (χ3n) is 2.71. The van der Waals surface area contributed by atoms with Gasteiger partial charge in [-0.25, -0.2) is 0 Å². The van der Waals surface area contributed by atoms with Crippen molar-refractivity contribution in [3.63, 3.8) is 0 Å². The quantitative estimate of drug-likeness (QED) is 0.650. The smallest absolute Gasteiger partial charge is 0.261 e. The lowest BCUT2D eigenvalue weighted by Crippen LogP contribution is -2.23. The molecule has 0 bridgehead atoms. The maximum atomic E-state index is 11.9. The standard InChI is InChI=1S/C14H16ClNOS/c1-10(15)5-4-8-16-14(17)13-9-11-6-2-3-7-12(11)18-13/h2-3,6-7,9-10H,4-5,8H2,1H3,(H,16,17). The number of alkyl halides is 1. The highest BCUT2D eigenvalue weighted by molar-refractivity contribution is 7.20. The molecule has 0 saturated heterocycles. The molecule has 0 aliphatic rings. The first-order chi connectivity index (χ1) is 8.66. The molecule has 18 heavy (non-hydrogen) atoms. The lowest BCUT2D eigenvalue weighted by atomic mass is 10.2. The minimum absolute atomic E-state index is 0.0124. The predicted molar refractivity (Wildman–Crippen MR) is 78.7 cm³/mol. The minimum Gasteiger partial charge on any atom is -0.351 e. The van der Waals surface area contributed by atoms with E-state index in [9.17, 15) is 4.79 Å². The second-order valence-corrected chi connectivity index (χ2v) is 6.16. The van der Waals surface area contributed by atoms with E-state index in [-0.39, 0.29) is 11.3 Å². The fraction of sp³-hybridized carbons (Fsp3) is 0.357. The lowest BCUT2D eigenvalue weighted by molar-refractivity contribution is 0.0957. The fourth-order valence-corrected chi connectivity index (χ4v) is 2.90. The number of fused-ring (bicyclic) bond motifs is 1. The Kier molecular flexibility index (Phi) is 4.61. The van der Waals surface area contributed by atoms with Crippen LogP contribution in [0.1, 0.15) is 29.4 Å². The summed E-state index contributed by atoms with van der Waals surface area (Å²) in [6.07, 6.45) is 1.84. The molecule has 0 fully saturated rings. The number of hydrogen-bond donors (Lipinski definition) is 1. The molecule has 1 N–H and O–H groups in total. The Labute approximate surface area is 116 Å². The molecular formula is C14H16ClNOS. The number of thiophene rings is 1. The van der Waals surface area contributed by atoms with E-state index in [1.54, 1.807) is 0 Å². The Morgan fingerprint density at radius 3 is 2.94 bits per heavy atom. The molecule has 0 saturated carbocycles. The summed E-state index contributed by atoms with van der Waals surface area (Å²) < 4.78 is 1.15. The third kappa shape index (κ3) is 3.47. The van der Waals surface area contributed by atoms with Crippen LogP contribution in [0.3, 0.4) is 0 Å². The molecular weight excluding hydrogens is 266 g/mol. The van der Waals surface area contributed by atoms with Gasteiger partial charge in [0.1, 0.15) is 0 Å². The van der Waals surface area contributed by atoms with Crippen LogP contribution in [0.15, 0.2) is 30.3 Å². The van der Waals surface area contributed by atoms with Gasteiger partial charge in [-0.1, -0.05) is 18.2 Å². The Hall–Kier alpha value is -1.06. The largest absolute Gasteiger partial charge is 0.351 e. The van der Waals surface area contributed by atoms with Crippen LogP contribution in [0, 0.1) is 0 Å². The van der Waals surface area contributed by atoms with E-state index in [0.717, 1.165) is 27.8 Å². The van der Waals surface area contributed by atoms with E-state index in [1.165, 1.54) is 11.3 Å². The van der Waals surface area contributed by atoms with E-state index in [2.05, 4.69) is 5.32 Å². The van der Waals surface area contributed by atoms with Crippen molar-refractivity contribution in [2.24, 2.45) is 0 Å². The van der Waals surface area contributed by atoms with Crippen LogP contribution in [0.4, 0.5) is 0 Å². The maximum Gasteiger partial charge on any atom is 0.261 e. The van der Waals surface area contributed by atoms with Crippen LogP contribution in [0.5, 0.6) is 0 Å². The number of carbonyl (C=O) groups is 1. The van der Waals surface area contributed by atoms with Gasteiger partial charge in [0.25, 0.3) is 5.91 Å². The fourth-order valence-electron chi connectivity index (χ4n) is 1.77. The van der Waals surface area contributed by atoms with E-state index in [0.29, 0.717) is 6.54 Å². The topological polar surface area (TPSA) is 29.1 Å². The van der Waals surface area contributed by atoms with E-state index >= 15 is 0 Å². The van der Waals surface area contributed by atoms with Gasteiger partial charge in [-0.2, -0.15) is 0 Å². The molecule has 1 heterocycles. The number of carbonyl (C=O) groups excluding carboxylic acids is 1. The van der Waals surface area contributed by atoms with Gasteiger partial charge in [0.2, 0.25) is 0 Å². The average molecular weight is 282 g/mol. The van der Waals surface area contributed by atoms with Crippen molar-refractivity contribution >= 4 is 38.9 Å². The summed E-state index contributed by atoms with van der Waals surface area (Å²) in [6, 6.07) is 9.98. The van der Waals surface area contributed by atoms with Crippen molar-refractivity contribution in [2.45, 2.75) is 25.1 Å². The van der Waals surface area contributed by atoms with Gasteiger partial charge in [0.05, 0.1) is 4.88 Å². The van der Waals surface area contributed by atoms with Crippen molar-refractivity contribution in [3.8, 4) is 0 Å². The third-order valence-corrected chi connectivity index (χ3v) is 4.05. The molecule has 1 aromatic carbocycles. The molecule has 1 amide bonds. The lowest BCUT2D eigenvalue weighted by Gasteiger charge is -2.04. The number of benzene rings is 1. The zero-order valence-electron chi connectivity index (χ0n) is 10.3. The molecule has 0 aliphatic carbocycles. The molecule has 4 heteroatoms. The first kappa shape index (κ1) is 13.4. The van der Waals surface area contributed by atoms with Crippen molar-refractivity contribution in [1.82, 2.24) is 5.32 Å². The van der Waals surface area contributed by atoms with Crippen LogP contribution in [-0.2, 0) is 0 Å². The first-order valence-corrected chi connectivity index (χ1v) is 7.33. The summed E-state index contributed by atoms with van der Waals surface area (Å²) in [5, 5.41) is 4.23. The summed E-state index contributed by atoms with van der Waals surface area (Å²) >= 11 is 7.38. The van der Waals surface area contributed by atoms with Gasteiger partial charge in [0.15, 0.2) is 0 Å². The molecule has 96 valence electrons. The second kappa shape index (κ2) is 6.21. The maximum absolute atomic E-state index is 11.9. The molecule has 2 aromatic rings. The Bertz CT molecular complexity index is 502. The Morgan fingerprint density at radius 1 is 1.44 bits per heavy atom. The van der Waals surface area contributed by atoms with Crippen molar-refractivity contribution in [1.29, 1.82) is 0 Å². The normalized spacial score (nSPS) is 12.6. The molecule has 2 nitrogen and oxygen atoms in total. The molecule has 1 unspecified atom stereocenters. The van der Waals surface area contributed by atoms with Crippen LogP contribution < -0.4 is 5.32 Å². The number of amides is 1. The summed E-state index contributed by atoms with van der Waals surface area (Å²) in [4.78, 5) is 12.7. The SMILES string of the molecule is CC(Cl)CCCNC(=O)c1cc2ccccc2s1. The minimum atomic E-state index is 0.0124. The molecule has 2 rings (SSSR count). The van der Waals surface area contributed by atoms with Gasteiger partial charge >= 0.3 is 0 Å². The van der Waals surface area contributed by atoms with Gasteiger partial charge < -0.3 is 5.32 Å². The number of rotatable bonds is 5. The summed E-state index contributed by atoms with van der Waals surface area (Å²) in [5.41, 5.74) is 0. The van der Waals surface area contributed by atoms with Gasteiger partial charge in [-0.15, -0.1) is 22.9 Å². The Morgan fingerprint density at radius 2 is 2.22 bits per heavy atom. The van der Waals surface area contributed by atoms with E-state index in [1.807, 2.05) is 37.3 Å². The summed E-state index contributed by atoms with van der Waals surface area (Å²) in [5.74, 6) is 0.0124. The zero-order chi connectivity index (χ0) is 13.0. The highest BCUT2D eigenvalue weighted by Crippen LogP contribution is 2.24.